The highest BCUT2D eigenvalue weighted by Crippen LogP contribution is 2.38. The zero-order valence-electron chi connectivity index (χ0n) is 28.3. The lowest BCUT2D eigenvalue weighted by Crippen LogP contribution is -2.40. The Bertz CT molecular complexity index is 2090. The maximum absolute atomic E-state index is 14.3. The van der Waals surface area contributed by atoms with E-state index >= 15 is 0 Å². The molecule has 0 unspecified atom stereocenters. The molecule has 1 aliphatic heterocycles. The molecule has 0 saturated carbocycles. The Balaban J connectivity index is 1.60. The second kappa shape index (κ2) is 16.6. The van der Waals surface area contributed by atoms with Crippen LogP contribution in [0.3, 0.4) is 0 Å². The van der Waals surface area contributed by atoms with Gasteiger partial charge in [-0.15, -0.1) is 0 Å². The summed E-state index contributed by atoms with van der Waals surface area (Å²) in [6.07, 6.45) is 1.70. The molecule has 0 fully saturated rings. The lowest BCUT2D eigenvalue weighted by Gasteiger charge is -2.25. The van der Waals surface area contributed by atoms with Gasteiger partial charge >= 0.3 is 11.9 Å². The minimum atomic E-state index is -0.905. The van der Waals surface area contributed by atoms with Gasteiger partial charge in [0.1, 0.15) is 6.61 Å². The van der Waals surface area contributed by atoms with Crippen LogP contribution in [0.1, 0.15) is 50.4 Å². The molecule has 262 valence electrons. The zero-order chi connectivity index (χ0) is 35.8. The van der Waals surface area contributed by atoms with Gasteiger partial charge in [0.25, 0.3) is 5.56 Å². The van der Waals surface area contributed by atoms with Gasteiger partial charge in [-0.2, -0.15) is 0 Å². The minimum Gasteiger partial charge on any atom is -0.490 e. The van der Waals surface area contributed by atoms with Gasteiger partial charge in [0, 0.05) is 0 Å². The van der Waals surface area contributed by atoms with Crippen molar-refractivity contribution in [2.45, 2.75) is 40.3 Å². The van der Waals surface area contributed by atoms with Crippen molar-refractivity contribution in [1.82, 2.24) is 4.57 Å². The highest BCUT2D eigenvalue weighted by Gasteiger charge is 2.34. The second-order valence-electron chi connectivity index (χ2n) is 10.8. The molecule has 0 amide bonds. The summed E-state index contributed by atoms with van der Waals surface area (Å²) < 4.78 is 35.4. The Morgan fingerprint density at radius 2 is 1.66 bits per heavy atom. The lowest BCUT2D eigenvalue weighted by molar-refractivity contribution is -0.143. The molecule has 0 spiro atoms. The first-order valence-corrected chi connectivity index (χ1v) is 17.2. The number of rotatable bonds is 14. The summed E-state index contributed by atoms with van der Waals surface area (Å²) in [5.74, 6) is 0.291. The number of allylic oxidation sites excluding steroid dienone is 1. The summed E-state index contributed by atoms with van der Waals surface area (Å²) in [6, 6.07) is 17.3. The maximum atomic E-state index is 14.3. The number of fused-ring (bicyclic) bond motifs is 1. The Morgan fingerprint density at radius 1 is 0.920 bits per heavy atom. The summed E-state index contributed by atoms with van der Waals surface area (Å²) in [5, 5.41) is 0.321. The Labute approximate surface area is 297 Å². The van der Waals surface area contributed by atoms with Crippen molar-refractivity contribution in [1.29, 1.82) is 0 Å². The number of hydrogen-bond donors (Lipinski definition) is 0. The van der Waals surface area contributed by atoms with Gasteiger partial charge in [-0.3, -0.25) is 9.36 Å². The van der Waals surface area contributed by atoms with E-state index in [1.807, 2.05) is 37.3 Å². The van der Waals surface area contributed by atoms with Gasteiger partial charge in [-0.25, -0.2) is 14.6 Å². The van der Waals surface area contributed by atoms with Crippen molar-refractivity contribution in [3.8, 4) is 23.0 Å². The van der Waals surface area contributed by atoms with Crippen LogP contribution in [0.15, 0.2) is 81.7 Å². The summed E-state index contributed by atoms with van der Waals surface area (Å²) in [7, 11) is 1.27. The van der Waals surface area contributed by atoms with Crippen LogP contribution in [0, 0.1) is 0 Å². The van der Waals surface area contributed by atoms with E-state index in [2.05, 4.69) is 9.73 Å². The predicted octanol–water partition coefficient (Wildman–Crippen LogP) is 5.38. The van der Waals surface area contributed by atoms with Crippen molar-refractivity contribution in [2.75, 3.05) is 33.5 Å². The second-order valence-corrected chi connectivity index (χ2v) is 12.3. The standard InChI is InChI=1S/C37H37ClN2O9S/c1-6-45-28-19-25(14-15-27(28)48-21-31(41)44-5)33-32(36(43)47-8-3)22(4)39-37-40(33)35(42)30(50-37)18-24-16-26(38)34(29(17-24)46-7-2)49-20-23-12-10-9-11-13-23/h9-19,33H,6-8,20-21H2,1-5H3/b30-18-/t33-/m1/s1. The average molecular weight is 721 g/mol. The van der Waals surface area contributed by atoms with E-state index < -0.39 is 18.0 Å². The fraction of sp³-hybridized carbons (Fsp3) is 0.297. The molecule has 0 radical (unpaired) electrons. The number of methoxy groups -OCH3 is 1. The highest BCUT2D eigenvalue weighted by molar-refractivity contribution is 7.07. The quantitative estimate of drug-likeness (QED) is 0.158. The van der Waals surface area contributed by atoms with E-state index in [0.717, 1.165) is 5.56 Å². The predicted molar refractivity (Wildman–Crippen MR) is 189 cm³/mol. The molecule has 50 heavy (non-hydrogen) atoms. The number of benzene rings is 3. The van der Waals surface area contributed by atoms with Crippen molar-refractivity contribution < 1.29 is 38.0 Å². The van der Waals surface area contributed by atoms with Crippen LogP contribution in [-0.4, -0.2) is 50.0 Å². The van der Waals surface area contributed by atoms with E-state index in [9.17, 15) is 14.4 Å². The van der Waals surface area contributed by atoms with Crippen molar-refractivity contribution >= 4 is 41.0 Å². The largest absolute Gasteiger partial charge is 0.490 e. The van der Waals surface area contributed by atoms with Gasteiger partial charge < -0.3 is 28.4 Å². The fourth-order valence-corrected chi connectivity index (χ4v) is 6.66. The molecule has 1 aromatic heterocycles. The molecule has 3 aromatic carbocycles. The monoisotopic (exact) mass is 720 g/mol. The van der Waals surface area contributed by atoms with Crippen LogP contribution in [0.2, 0.25) is 5.02 Å². The van der Waals surface area contributed by atoms with Crippen LogP contribution in [0.5, 0.6) is 23.0 Å². The Hall–Kier alpha value is -5.07. The lowest BCUT2D eigenvalue weighted by atomic mass is 9.95. The molecule has 1 aliphatic rings. The molecule has 0 bridgehead atoms. The van der Waals surface area contributed by atoms with Gasteiger partial charge in [0.2, 0.25) is 0 Å². The van der Waals surface area contributed by atoms with E-state index in [1.54, 1.807) is 57.2 Å². The summed E-state index contributed by atoms with van der Waals surface area (Å²) in [6.45, 7) is 7.84. The molecule has 0 N–H and O–H groups in total. The first-order chi connectivity index (χ1) is 24.2. The molecule has 1 atom stereocenters. The van der Waals surface area contributed by atoms with Gasteiger partial charge in [-0.05, 0) is 74.7 Å². The molecule has 11 nitrogen and oxygen atoms in total. The van der Waals surface area contributed by atoms with Crippen LogP contribution in [0.25, 0.3) is 6.08 Å². The first kappa shape index (κ1) is 36.2. The van der Waals surface area contributed by atoms with Crippen molar-refractivity contribution in [3.05, 3.63) is 113 Å². The molecule has 2 heterocycles. The van der Waals surface area contributed by atoms with Crippen molar-refractivity contribution in [2.24, 2.45) is 4.99 Å². The number of ether oxygens (including phenoxy) is 6. The van der Waals surface area contributed by atoms with Gasteiger partial charge in [0.05, 0.1) is 53.8 Å². The molecule has 13 heteroatoms. The van der Waals surface area contributed by atoms with Crippen LogP contribution >= 0.6 is 22.9 Å². The number of esters is 2. The number of thiazole rings is 1. The fourth-order valence-electron chi connectivity index (χ4n) is 5.34. The van der Waals surface area contributed by atoms with Gasteiger partial charge in [0.15, 0.2) is 34.4 Å². The number of aromatic nitrogens is 1. The minimum absolute atomic E-state index is 0.130. The molecule has 4 aromatic rings. The molecule has 0 saturated heterocycles. The Morgan fingerprint density at radius 3 is 2.36 bits per heavy atom. The van der Waals surface area contributed by atoms with E-state index in [1.165, 1.54) is 23.0 Å². The molecule has 0 aliphatic carbocycles. The zero-order valence-corrected chi connectivity index (χ0v) is 29.9. The number of carbonyl (C=O) groups is 2. The molecule has 5 rings (SSSR count). The summed E-state index contributed by atoms with van der Waals surface area (Å²) in [5.41, 5.74) is 2.37. The summed E-state index contributed by atoms with van der Waals surface area (Å²) >= 11 is 7.90. The van der Waals surface area contributed by atoms with E-state index in [-0.39, 0.29) is 24.3 Å². The third-order valence-electron chi connectivity index (χ3n) is 7.53. The number of carbonyl (C=O) groups excluding carboxylic acids is 2. The average Bonchev–Trinajstić information content (AvgIpc) is 3.40. The topological polar surface area (TPSA) is 124 Å². The number of halogens is 1. The normalized spacial score (nSPS) is 14.0. The van der Waals surface area contributed by atoms with Crippen molar-refractivity contribution in [3.63, 3.8) is 0 Å². The molecular formula is C37H37ClN2O9S. The highest BCUT2D eigenvalue weighted by atomic mass is 35.5. The van der Waals surface area contributed by atoms with E-state index in [0.29, 0.717) is 74.0 Å². The van der Waals surface area contributed by atoms with Crippen LogP contribution < -0.4 is 33.8 Å². The van der Waals surface area contributed by atoms with Crippen LogP contribution in [0.4, 0.5) is 0 Å². The van der Waals surface area contributed by atoms with Crippen LogP contribution in [-0.2, 0) is 25.7 Å². The SMILES string of the molecule is CCOC(=O)C1=C(C)N=c2s/c(=C\c3cc(Cl)c(OCc4ccccc4)c(OCC)c3)c(=O)n2[C@@H]1c1ccc(OCC(=O)OC)c(OCC)c1. The van der Waals surface area contributed by atoms with E-state index in [4.69, 9.17) is 35.3 Å². The van der Waals surface area contributed by atoms with Gasteiger partial charge in [-0.1, -0.05) is 59.3 Å². The first-order valence-electron chi connectivity index (χ1n) is 16.0. The smallest absolute Gasteiger partial charge is 0.343 e. The number of nitrogens with zero attached hydrogens (tertiary/aromatic N) is 2. The Kier molecular flexibility index (Phi) is 12.0. The summed E-state index contributed by atoms with van der Waals surface area (Å²) in [4.78, 5) is 44.5. The maximum Gasteiger partial charge on any atom is 0.343 e. The third-order valence-corrected chi connectivity index (χ3v) is 8.79. The molecular weight excluding hydrogens is 684 g/mol. The third kappa shape index (κ3) is 8.03. The number of hydrogen-bond acceptors (Lipinski definition) is 11.